The summed E-state index contributed by atoms with van der Waals surface area (Å²) in [7, 11) is 0. The number of nitriles is 1. The van der Waals surface area contributed by atoms with Gasteiger partial charge < -0.3 is 5.73 Å². The third-order valence-corrected chi connectivity index (χ3v) is 3.30. The van der Waals surface area contributed by atoms with Crippen LogP contribution in [0.4, 0.5) is 5.82 Å². The predicted molar refractivity (Wildman–Crippen MR) is 66.7 cm³/mol. The number of anilines is 1. The molecule has 1 heterocycles. The summed E-state index contributed by atoms with van der Waals surface area (Å²) in [6.45, 7) is 0. The van der Waals surface area contributed by atoms with Gasteiger partial charge >= 0.3 is 0 Å². The topological polar surface area (TPSA) is 62.7 Å². The molecule has 0 amide bonds. The molecule has 3 nitrogen and oxygen atoms in total. The first-order chi connectivity index (χ1) is 7.61. The summed E-state index contributed by atoms with van der Waals surface area (Å²) in [6, 6.07) is 7.09. The van der Waals surface area contributed by atoms with E-state index in [2.05, 4.69) is 4.37 Å². The van der Waals surface area contributed by atoms with Crippen molar-refractivity contribution in [3.8, 4) is 16.5 Å². The molecule has 0 saturated heterocycles. The maximum Gasteiger partial charge on any atom is 0.155 e. The van der Waals surface area contributed by atoms with Crippen molar-refractivity contribution in [2.24, 2.45) is 0 Å². The Bertz CT molecular complexity index is 566. The molecule has 0 aliphatic heterocycles. The Hall–Kier alpha value is -1.28. The molecular formula is C10H5Cl2N3S. The van der Waals surface area contributed by atoms with Gasteiger partial charge in [-0.05, 0) is 35.3 Å². The van der Waals surface area contributed by atoms with Gasteiger partial charge in [0.2, 0.25) is 0 Å². The quantitative estimate of drug-likeness (QED) is 0.861. The van der Waals surface area contributed by atoms with Crippen LogP contribution in [0.25, 0.3) is 10.4 Å². The SMILES string of the molecule is N#Cc1c(N)nsc1-c1cc(Cl)cc(Cl)c1. The van der Waals surface area contributed by atoms with Crippen LogP contribution in [0.15, 0.2) is 18.2 Å². The van der Waals surface area contributed by atoms with Gasteiger partial charge in [0.1, 0.15) is 11.6 Å². The second kappa shape index (κ2) is 4.30. The van der Waals surface area contributed by atoms with Crippen LogP contribution in [0.3, 0.4) is 0 Å². The fraction of sp³-hybridized carbons (Fsp3) is 0. The van der Waals surface area contributed by atoms with Crippen LogP contribution in [-0.4, -0.2) is 4.37 Å². The maximum atomic E-state index is 8.96. The van der Waals surface area contributed by atoms with Crippen LogP contribution in [0.5, 0.6) is 0 Å². The Morgan fingerprint density at radius 2 is 1.88 bits per heavy atom. The van der Waals surface area contributed by atoms with Gasteiger partial charge in [0.05, 0.1) is 4.88 Å². The zero-order chi connectivity index (χ0) is 11.7. The van der Waals surface area contributed by atoms with Crippen LogP contribution in [-0.2, 0) is 0 Å². The molecule has 2 rings (SSSR count). The lowest BCUT2D eigenvalue weighted by Gasteiger charge is -2.00. The van der Waals surface area contributed by atoms with Crippen molar-refractivity contribution in [3.05, 3.63) is 33.8 Å². The van der Waals surface area contributed by atoms with E-state index >= 15 is 0 Å². The Morgan fingerprint density at radius 1 is 1.25 bits per heavy atom. The summed E-state index contributed by atoms with van der Waals surface area (Å²) in [4.78, 5) is 0.685. The number of hydrogen-bond acceptors (Lipinski definition) is 4. The predicted octanol–water partition coefficient (Wildman–Crippen LogP) is 3.57. The average Bonchev–Trinajstić information content (AvgIpc) is 2.58. The summed E-state index contributed by atoms with van der Waals surface area (Å²) >= 11 is 12.9. The third-order valence-electron chi connectivity index (χ3n) is 1.96. The summed E-state index contributed by atoms with van der Waals surface area (Å²) < 4.78 is 3.93. The molecule has 0 spiro atoms. The van der Waals surface area contributed by atoms with Crippen molar-refractivity contribution in [3.63, 3.8) is 0 Å². The second-order valence-corrected chi connectivity index (χ2v) is 4.69. The summed E-state index contributed by atoms with van der Waals surface area (Å²) in [5, 5.41) is 9.98. The van der Waals surface area contributed by atoms with Crippen LogP contribution < -0.4 is 5.73 Å². The molecule has 0 atom stereocenters. The summed E-state index contributed by atoms with van der Waals surface area (Å²) in [5.74, 6) is 0.235. The molecule has 0 radical (unpaired) electrons. The number of nitrogens with two attached hydrogens (primary N) is 1. The van der Waals surface area contributed by atoms with E-state index in [9.17, 15) is 0 Å². The third kappa shape index (κ3) is 1.98. The van der Waals surface area contributed by atoms with E-state index in [0.29, 0.717) is 20.5 Å². The van der Waals surface area contributed by atoms with Gasteiger partial charge in [-0.2, -0.15) is 9.64 Å². The number of nitrogen functional groups attached to an aromatic ring is 1. The molecule has 0 aliphatic rings. The number of benzene rings is 1. The second-order valence-electron chi connectivity index (χ2n) is 3.04. The van der Waals surface area contributed by atoms with E-state index in [4.69, 9.17) is 34.2 Å². The van der Waals surface area contributed by atoms with E-state index in [1.807, 2.05) is 6.07 Å². The summed E-state index contributed by atoms with van der Waals surface area (Å²) in [6.07, 6.45) is 0. The zero-order valence-corrected chi connectivity index (χ0v) is 10.2. The van der Waals surface area contributed by atoms with Crippen molar-refractivity contribution >= 4 is 40.6 Å². The van der Waals surface area contributed by atoms with Crippen LogP contribution >= 0.6 is 34.7 Å². The maximum absolute atomic E-state index is 8.96. The molecule has 80 valence electrons. The molecule has 16 heavy (non-hydrogen) atoms. The monoisotopic (exact) mass is 269 g/mol. The highest BCUT2D eigenvalue weighted by atomic mass is 35.5. The van der Waals surface area contributed by atoms with Crippen molar-refractivity contribution in [1.82, 2.24) is 4.37 Å². The number of nitrogens with zero attached hydrogens (tertiary/aromatic N) is 2. The van der Waals surface area contributed by atoms with Crippen LogP contribution in [0, 0.1) is 11.3 Å². The molecule has 0 fully saturated rings. The highest BCUT2D eigenvalue weighted by Gasteiger charge is 2.13. The normalized spacial score (nSPS) is 10.1. The zero-order valence-electron chi connectivity index (χ0n) is 7.87. The lowest BCUT2D eigenvalue weighted by molar-refractivity contribution is 1.47. The van der Waals surface area contributed by atoms with E-state index in [1.54, 1.807) is 18.2 Å². The molecule has 0 unspecified atom stereocenters. The van der Waals surface area contributed by atoms with Crippen LogP contribution in [0.1, 0.15) is 5.56 Å². The van der Waals surface area contributed by atoms with Crippen molar-refractivity contribution < 1.29 is 0 Å². The van der Waals surface area contributed by atoms with E-state index in [1.165, 1.54) is 0 Å². The number of rotatable bonds is 1. The first-order valence-corrected chi connectivity index (χ1v) is 5.76. The minimum atomic E-state index is 0.235. The first kappa shape index (κ1) is 11.2. The van der Waals surface area contributed by atoms with Gasteiger partial charge in [-0.15, -0.1) is 0 Å². The van der Waals surface area contributed by atoms with Gasteiger partial charge in [0.25, 0.3) is 0 Å². The average molecular weight is 270 g/mol. The lowest BCUT2D eigenvalue weighted by Crippen LogP contribution is -1.87. The minimum Gasteiger partial charge on any atom is -0.382 e. The van der Waals surface area contributed by atoms with Crippen molar-refractivity contribution in [1.29, 1.82) is 5.26 Å². The van der Waals surface area contributed by atoms with Gasteiger partial charge in [0, 0.05) is 10.0 Å². The van der Waals surface area contributed by atoms with Crippen molar-refractivity contribution in [2.45, 2.75) is 0 Å². The Labute approximate surface area is 106 Å². The number of aromatic nitrogens is 1. The van der Waals surface area contributed by atoms with Gasteiger partial charge in [0.15, 0.2) is 5.82 Å². The molecule has 2 aromatic rings. The fourth-order valence-electron chi connectivity index (χ4n) is 1.29. The number of hydrogen-bond donors (Lipinski definition) is 1. The molecule has 1 aromatic heterocycles. The molecule has 0 aliphatic carbocycles. The first-order valence-electron chi connectivity index (χ1n) is 4.23. The Kier molecular flexibility index (Phi) is 3.01. The largest absolute Gasteiger partial charge is 0.382 e. The van der Waals surface area contributed by atoms with E-state index in [-0.39, 0.29) is 5.82 Å². The highest BCUT2D eigenvalue weighted by molar-refractivity contribution is 7.10. The van der Waals surface area contributed by atoms with Gasteiger partial charge in [-0.3, -0.25) is 0 Å². The molecule has 1 aromatic carbocycles. The van der Waals surface area contributed by atoms with Gasteiger partial charge in [-0.1, -0.05) is 23.2 Å². The molecule has 2 N–H and O–H groups in total. The highest BCUT2D eigenvalue weighted by Crippen LogP contribution is 2.34. The van der Waals surface area contributed by atoms with E-state index in [0.717, 1.165) is 17.1 Å². The van der Waals surface area contributed by atoms with Gasteiger partial charge in [-0.25, -0.2) is 0 Å². The van der Waals surface area contributed by atoms with E-state index < -0.39 is 0 Å². The smallest absolute Gasteiger partial charge is 0.155 e. The fourth-order valence-corrected chi connectivity index (χ4v) is 2.56. The Balaban J connectivity index is 2.63. The Morgan fingerprint density at radius 3 is 2.44 bits per heavy atom. The minimum absolute atomic E-state index is 0.235. The summed E-state index contributed by atoms with van der Waals surface area (Å²) in [5.41, 5.74) is 6.69. The van der Waals surface area contributed by atoms with Crippen LogP contribution in [0.2, 0.25) is 10.0 Å². The van der Waals surface area contributed by atoms with Crippen molar-refractivity contribution in [2.75, 3.05) is 5.73 Å². The molecule has 0 saturated carbocycles. The lowest BCUT2D eigenvalue weighted by atomic mass is 10.1. The standard InChI is InChI=1S/C10H5Cl2N3S/c11-6-1-5(2-7(12)3-6)9-8(4-13)10(14)15-16-9/h1-3H,(H2,14,15). The molecular weight excluding hydrogens is 265 g/mol. The molecule has 0 bridgehead atoms. The molecule has 6 heteroatoms. The number of halogens is 2.